The predicted octanol–water partition coefficient (Wildman–Crippen LogP) is 6.69. The van der Waals surface area contributed by atoms with Gasteiger partial charge in [0, 0.05) is 44.6 Å². The molecule has 3 aliphatic carbocycles. The fraction of sp³-hybridized carbons (Fsp3) is 0.240. The SMILES string of the molecule is O=C1c2cc3[nH]c4cc5oc6ccccc6c5cc4c3cc2C2CCC1CC2. The van der Waals surface area contributed by atoms with Gasteiger partial charge in [-0.3, -0.25) is 4.79 Å². The molecule has 1 saturated carbocycles. The molecular weight excluding hydrogens is 346 g/mol. The van der Waals surface area contributed by atoms with E-state index in [1.54, 1.807) is 0 Å². The van der Waals surface area contributed by atoms with Gasteiger partial charge in [-0.1, -0.05) is 18.2 Å². The largest absolute Gasteiger partial charge is 0.456 e. The lowest BCUT2D eigenvalue weighted by Gasteiger charge is -2.22. The summed E-state index contributed by atoms with van der Waals surface area (Å²) in [6.45, 7) is 0. The second kappa shape index (κ2) is 5.05. The van der Waals surface area contributed by atoms with E-state index in [0.717, 1.165) is 64.2 Å². The van der Waals surface area contributed by atoms with Crippen LogP contribution in [0.2, 0.25) is 0 Å². The molecule has 3 heteroatoms. The third-order valence-corrected chi connectivity index (χ3v) is 7.07. The van der Waals surface area contributed by atoms with Gasteiger partial charge in [0.25, 0.3) is 0 Å². The Kier molecular flexibility index (Phi) is 2.69. The Bertz CT molecular complexity index is 1440. The van der Waals surface area contributed by atoms with Gasteiger partial charge >= 0.3 is 0 Å². The summed E-state index contributed by atoms with van der Waals surface area (Å²) in [5.41, 5.74) is 6.18. The van der Waals surface area contributed by atoms with Gasteiger partial charge in [-0.2, -0.15) is 0 Å². The number of carbonyl (C=O) groups excluding carboxylic acids is 1. The van der Waals surface area contributed by atoms with E-state index in [2.05, 4.69) is 41.4 Å². The quantitative estimate of drug-likeness (QED) is 0.332. The average molecular weight is 365 g/mol. The molecule has 3 aromatic carbocycles. The fourth-order valence-corrected chi connectivity index (χ4v) is 5.62. The Hall–Kier alpha value is -3.07. The number of rotatable bonds is 0. The number of Topliss-reactive ketones (excluding diaryl/α,β-unsaturated/α-hetero) is 1. The first kappa shape index (κ1) is 14.9. The highest BCUT2D eigenvalue weighted by Gasteiger charge is 2.35. The number of ketones is 1. The van der Waals surface area contributed by atoms with Crippen molar-refractivity contribution in [3.8, 4) is 0 Å². The van der Waals surface area contributed by atoms with Crippen LogP contribution in [0.3, 0.4) is 0 Å². The number of fused-ring (bicyclic) bond motifs is 8. The molecular formula is C25H19NO2. The van der Waals surface area contributed by atoms with Crippen LogP contribution in [0.4, 0.5) is 0 Å². The number of benzene rings is 3. The number of hydrogen-bond donors (Lipinski definition) is 1. The average Bonchev–Trinajstić information content (AvgIpc) is 3.20. The van der Waals surface area contributed by atoms with Crippen LogP contribution in [0.15, 0.2) is 52.9 Å². The molecule has 0 atom stereocenters. The molecule has 136 valence electrons. The smallest absolute Gasteiger partial charge is 0.166 e. The lowest BCUT2D eigenvalue weighted by atomic mass is 9.82. The summed E-state index contributed by atoms with van der Waals surface area (Å²) in [7, 11) is 0. The van der Waals surface area contributed by atoms with Crippen LogP contribution in [0.5, 0.6) is 0 Å². The van der Waals surface area contributed by atoms with Crippen LogP contribution in [-0.4, -0.2) is 10.8 Å². The third-order valence-electron chi connectivity index (χ3n) is 7.07. The lowest BCUT2D eigenvalue weighted by Crippen LogP contribution is -2.15. The lowest BCUT2D eigenvalue weighted by molar-refractivity contribution is 0.0898. The summed E-state index contributed by atoms with van der Waals surface area (Å²) in [5.74, 6) is 1.12. The van der Waals surface area contributed by atoms with E-state index in [-0.39, 0.29) is 5.92 Å². The number of para-hydroxylation sites is 1. The Balaban J connectivity index is 1.58. The van der Waals surface area contributed by atoms with Crippen molar-refractivity contribution in [2.45, 2.75) is 31.6 Å². The molecule has 3 nitrogen and oxygen atoms in total. The molecule has 0 spiro atoms. The molecule has 28 heavy (non-hydrogen) atoms. The molecule has 0 amide bonds. The van der Waals surface area contributed by atoms with Crippen molar-refractivity contribution in [2.75, 3.05) is 0 Å². The maximum absolute atomic E-state index is 13.0. The summed E-state index contributed by atoms with van der Waals surface area (Å²) in [6, 6.07) is 17.0. The zero-order valence-electron chi connectivity index (χ0n) is 15.4. The molecule has 0 aliphatic heterocycles. The number of furan rings is 1. The zero-order chi connectivity index (χ0) is 18.4. The van der Waals surface area contributed by atoms with Crippen molar-refractivity contribution in [2.24, 2.45) is 5.92 Å². The molecule has 8 rings (SSSR count). The Labute approximate surface area is 161 Å². The van der Waals surface area contributed by atoms with Gasteiger partial charge in [0.1, 0.15) is 11.2 Å². The number of carbonyl (C=O) groups is 1. The fourth-order valence-electron chi connectivity index (χ4n) is 5.62. The minimum Gasteiger partial charge on any atom is -0.456 e. The summed E-state index contributed by atoms with van der Waals surface area (Å²) >= 11 is 0. The van der Waals surface area contributed by atoms with E-state index >= 15 is 0 Å². The number of aromatic nitrogens is 1. The van der Waals surface area contributed by atoms with E-state index in [1.165, 1.54) is 16.3 Å². The van der Waals surface area contributed by atoms with E-state index in [0.29, 0.717) is 11.7 Å². The van der Waals surface area contributed by atoms with E-state index in [4.69, 9.17) is 4.42 Å². The Morgan fingerprint density at radius 1 is 0.750 bits per heavy atom. The van der Waals surface area contributed by atoms with E-state index in [9.17, 15) is 4.79 Å². The first-order valence-electron chi connectivity index (χ1n) is 10.2. The van der Waals surface area contributed by atoms with Gasteiger partial charge in [0.2, 0.25) is 0 Å². The van der Waals surface area contributed by atoms with Crippen molar-refractivity contribution in [1.29, 1.82) is 0 Å². The molecule has 2 aromatic heterocycles. The topological polar surface area (TPSA) is 46.0 Å². The minimum atomic E-state index is 0.230. The highest BCUT2D eigenvalue weighted by molar-refractivity contribution is 6.17. The number of nitrogens with one attached hydrogen (secondary N) is 1. The van der Waals surface area contributed by atoms with Crippen LogP contribution in [0, 0.1) is 5.92 Å². The van der Waals surface area contributed by atoms with Gasteiger partial charge in [0.05, 0.1) is 5.52 Å². The summed E-state index contributed by atoms with van der Waals surface area (Å²) < 4.78 is 6.06. The zero-order valence-corrected chi connectivity index (χ0v) is 15.4. The van der Waals surface area contributed by atoms with Crippen LogP contribution in [0.25, 0.3) is 43.7 Å². The Morgan fingerprint density at radius 3 is 2.39 bits per heavy atom. The van der Waals surface area contributed by atoms with Crippen LogP contribution < -0.4 is 0 Å². The molecule has 0 unspecified atom stereocenters. The summed E-state index contributed by atoms with van der Waals surface area (Å²) in [6.07, 6.45) is 4.39. The molecule has 1 N–H and O–H groups in total. The molecule has 2 heterocycles. The van der Waals surface area contributed by atoms with Gasteiger partial charge in [0.15, 0.2) is 5.78 Å². The number of aromatic amines is 1. The Morgan fingerprint density at radius 2 is 1.50 bits per heavy atom. The summed E-state index contributed by atoms with van der Waals surface area (Å²) in [5, 5.41) is 4.73. The molecule has 2 bridgehead atoms. The standard InChI is InChI=1S/C25H19NO2/c27-25-14-7-5-13(6-8-14)16-9-17-18-10-19-15-3-1-2-4-23(15)28-24(19)12-22(18)26-21(17)11-20(16)25/h1-4,9-14,26H,5-8H2. The van der Waals surface area contributed by atoms with Gasteiger partial charge in [-0.15, -0.1) is 0 Å². The van der Waals surface area contributed by atoms with Crippen molar-refractivity contribution < 1.29 is 9.21 Å². The monoisotopic (exact) mass is 365 g/mol. The maximum Gasteiger partial charge on any atom is 0.166 e. The number of hydrogen-bond acceptors (Lipinski definition) is 2. The van der Waals surface area contributed by atoms with Crippen molar-refractivity contribution in [1.82, 2.24) is 4.98 Å². The number of H-pyrrole nitrogens is 1. The van der Waals surface area contributed by atoms with Gasteiger partial charge in [-0.05, 0) is 61.4 Å². The highest BCUT2D eigenvalue weighted by Crippen LogP contribution is 2.45. The molecule has 0 radical (unpaired) electrons. The predicted molar refractivity (Wildman–Crippen MR) is 112 cm³/mol. The van der Waals surface area contributed by atoms with Crippen molar-refractivity contribution >= 4 is 49.5 Å². The second-order valence-corrected chi connectivity index (χ2v) is 8.52. The van der Waals surface area contributed by atoms with Crippen LogP contribution in [0.1, 0.15) is 47.5 Å². The summed E-state index contributed by atoms with van der Waals surface area (Å²) in [4.78, 5) is 16.6. The van der Waals surface area contributed by atoms with Crippen LogP contribution in [-0.2, 0) is 0 Å². The van der Waals surface area contributed by atoms with Crippen molar-refractivity contribution in [3.63, 3.8) is 0 Å². The van der Waals surface area contributed by atoms with Gasteiger partial charge < -0.3 is 9.40 Å². The third kappa shape index (κ3) is 1.82. The second-order valence-electron chi connectivity index (χ2n) is 8.52. The highest BCUT2D eigenvalue weighted by atomic mass is 16.3. The first-order chi connectivity index (χ1) is 13.8. The first-order valence-corrected chi connectivity index (χ1v) is 10.2. The molecule has 1 fully saturated rings. The molecule has 0 saturated heterocycles. The minimum absolute atomic E-state index is 0.230. The van der Waals surface area contributed by atoms with E-state index in [1.807, 2.05) is 12.1 Å². The van der Waals surface area contributed by atoms with Crippen molar-refractivity contribution in [3.05, 3.63) is 59.7 Å². The van der Waals surface area contributed by atoms with Crippen LogP contribution >= 0.6 is 0 Å². The van der Waals surface area contributed by atoms with Gasteiger partial charge in [-0.25, -0.2) is 0 Å². The van der Waals surface area contributed by atoms with E-state index < -0.39 is 0 Å². The molecule has 3 aliphatic rings. The molecule has 5 aromatic rings. The maximum atomic E-state index is 13.0. The normalized spacial score (nSPS) is 21.8.